The first-order valence-electron chi connectivity index (χ1n) is 9.01. The van der Waals surface area contributed by atoms with E-state index in [0.29, 0.717) is 12.8 Å². The highest BCUT2D eigenvalue weighted by atomic mass is 16.5. The van der Waals surface area contributed by atoms with Crippen LogP contribution in [0, 0.1) is 11.8 Å². The zero-order valence-corrected chi connectivity index (χ0v) is 16.3. The Morgan fingerprint density at radius 2 is 1.68 bits per heavy atom. The third kappa shape index (κ3) is 7.29. The second-order valence-corrected chi connectivity index (χ2v) is 6.97. The Labute approximate surface area is 152 Å². The second-order valence-electron chi connectivity index (χ2n) is 6.97. The van der Waals surface area contributed by atoms with Crippen molar-refractivity contribution in [2.24, 2.45) is 11.8 Å². The third-order valence-corrected chi connectivity index (χ3v) is 4.69. The molecule has 25 heavy (non-hydrogen) atoms. The van der Waals surface area contributed by atoms with Gasteiger partial charge in [0.15, 0.2) is 0 Å². The van der Waals surface area contributed by atoms with E-state index in [-0.39, 0.29) is 11.9 Å². The average Bonchev–Trinajstić information content (AvgIpc) is 2.59. The number of hydrogen-bond acceptors (Lipinski definition) is 4. The molecule has 0 aromatic heterocycles. The molecule has 0 N–H and O–H groups in total. The standard InChI is InChI=1S/C21H32O4/c1-15(2)8-6-9-16(3)10-7-11-17-12-13-18(20(22)24-4)19(14-17)21(23)25-5/h8,10,12,18-19H,6-7,9,11,13-14H2,1-5H3/t18-,19-/m0/s1. The topological polar surface area (TPSA) is 52.6 Å². The molecule has 0 aromatic rings. The van der Waals surface area contributed by atoms with E-state index in [2.05, 4.69) is 39.0 Å². The van der Waals surface area contributed by atoms with Crippen LogP contribution in [-0.2, 0) is 19.1 Å². The van der Waals surface area contributed by atoms with Gasteiger partial charge in [-0.15, -0.1) is 0 Å². The van der Waals surface area contributed by atoms with Crippen molar-refractivity contribution in [1.82, 2.24) is 0 Å². The van der Waals surface area contributed by atoms with Gasteiger partial charge in [-0.05, 0) is 59.3 Å². The molecule has 0 aliphatic heterocycles. The van der Waals surface area contributed by atoms with Crippen LogP contribution in [0.1, 0.15) is 59.3 Å². The van der Waals surface area contributed by atoms with Crippen LogP contribution in [-0.4, -0.2) is 26.2 Å². The Morgan fingerprint density at radius 1 is 1.04 bits per heavy atom. The minimum Gasteiger partial charge on any atom is -0.469 e. The molecule has 0 amide bonds. The SMILES string of the molecule is COC(=O)[C@H]1CC=C(CCC=C(C)CCC=C(C)C)C[C@@H]1C(=O)OC. The van der Waals surface area contributed by atoms with Crippen molar-refractivity contribution in [2.45, 2.75) is 59.3 Å². The predicted molar refractivity (Wildman–Crippen MR) is 100.0 cm³/mol. The van der Waals surface area contributed by atoms with Crippen LogP contribution >= 0.6 is 0 Å². The van der Waals surface area contributed by atoms with Crippen molar-refractivity contribution in [3.8, 4) is 0 Å². The molecule has 0 fully saturated rings. The van der Waals surface area contributed by atoms with E-state index >= 15 is 0 Å². The Hall–Kier alpha value is -1.84. The van der Waals surface area contributed by atoms with Gasteiger partial charge in [-0.25, -0.2) is 0 Å². The van der Waals surface area contributed by atoms with Crippen molar-refractivity contribution in [3.05, 3.63) is 34.9 Å². The third-order valence-electron chi connectivity index (χ3n) is 4.69. The number of rotatable bonds is 8. The number of methoxy groups -OCH3 is 2. The Morgan fingerprint density at radius 3 is 2.28 bits per heavy atom. The van der Waals surface area contributed by atoms with Gasteiger partial charge < -0.3 is 9.47 Å². The number of allylic oxidation sites excluding steroid dienone is 6. The molecule has 0 spiro atoms. The summed E-state index contributed by atoms with van der Waals surface area (Å²) in [6.07, 6.45) is 11.8. The Bertz CT molecular complexity index is 550. The number of carbonyl (C=O) groups excluding carboxylic acids is 2. The molecule has 0 aromatic carbocycles. The molecule has 0 bridgehead atoms. The summed E-state index contributed by atoms with van der Waals surface area (Å²) in [7, 11) is 2.73. The maximum atomic E-state index is 12.0. The molecular formula is C21H32O4. The highest BCUT2D eigenvalue weighted by Gasteiger charge is 2.37. The highest BCUT2D eigenvalue weighted by Crippen LogP contribution is 2.33. The first-order chi connectivity index (χ1) is 11.9. The van der Waals surface area contributed by atoms with Gasteiger partial charge in [-0.3, -0.25) is 9.59 Å². The molecule has 4 nitrogen and oxygen atoms in total. The van der Waals surface area contributed by atoms with Gasteiger partial charge in [-0.1, -0.05) is 34.9 Å². The van der Waals surface area contributed by atoms with Crippen LogP contribution < -0.4 is 0 Å². The molecule has 2 atom stereocenters. The van der Waals surface area contributed by atoms with Crippen LogP contribution in [0.2, 0.25) is 0 Å². The van der Waals surface area contributed by atoms with Gasteiger partial charge in [0.1, 0.15) is 0 Å². The van der Waals surface area contributed by atoms with E-state index in [1.807, 2.05) is 0 Å². The van der Waals surface area contributed by atoms with Crippen molar-refractivity contribution in [1.29, 1.82) is 0 Å². The molecule has 0 unspecified atom stereocenters. The van der Waals surface area contributed by atoms with E-state index in [9.17, 15) is 9.59 Å². The van der Waals surface area contributed by atoms with E-state index in [0.717, 1.165) is 25.7 Å². The summed E-state index contributed by atoms with van der Waals surface area (Å²) in [5, 5.41) is 0. The van der Waals surface area contributed by atoms with Crippen LogP contribution in [0.25, 0.3) is 0 Å². The lowest BCUT2D eigenvalue weighted by molar-refractivity contribution is -0.157. The molecular weight excluding hydrogens is 316 g/mol. The van der Waals surface area contributed by atoms with E-state index < -0.39 is 11.8 Å². The van der Waals surface area contributed by atoms with Crippen LogP contribution in [0.15, 0.2) is 34.9 Å². The number of ether oxygens (including phenoxy) is 2. The predicted octanol–water partition coefficient (Wildman–Crippen LogP) is 4.76. The molecule has 1 aliphatic carbocycles. The first kappa shape index (κ1) is 21.2. The minimum absolute atomic E-state index is 0.325. The molecule has 1 rings (SSSR count). The fraction of sp³-hybridized carbons (Fsp3) is 0.619. The molecule has 140 valence electrons. The summed E-state index contributed by atoms with van der Waals surface area (Å²) in [5.41, 5.74) is 3.98. The van der Waals surface area contributed by atoms with Gasteiger partial charge in [-0.2, -0.15) is 0 Å². The first-order valence-corrected chi connectivity index (χ1v) is 9.01. The molecule has 0 saturated heterocycles. The Kier molecular flexibility index (Phi) is 9.25. The van der Waals surface area contributed by atoms with Gasteiger partial charge in [0, 0.05) is 0 Å². The second kappa shape index (κ2) is 10.9. The van der Waals surface area contributed by atoms with Crippen molar-refractivity contribution in [2.75, 3.05) is 14.2 Å². The van der Waals surface area contributed by atoms with Gasteiger partial charge in [0.05, 0.1) is 26.1 Å². The van der Waals surface area contributed by atoms with Crippen molar-refractivity contribution < 1.29 is 19.1 Å². The zero-order valence-electron chi connectivity index (χ0n) is 16.3. The number of esters is 2. The van der Waals surface area contributed by atoms with Gasteiger partial charge >= 0.3 is 11.9 Å². The highest BCUT2D eigenvalue weighted by molar-refractivity contribution is 5.82. The van der Waals surface area contributed by atoms with E-state index in [1.165, 1.54) is 30.9 Å². The number of hydrogen-bond donors (Lipinski definition) is 0. The minimum atomic E-state index is -0.430. The van der Waals surface area contributed by atoms with Gasteiger partial charge in [0.2, 0.25) is 0 Å². The van der Waals surface area contributed by atoms with Crippen LogP contribution in [0.5, 0.6) is 0 Å². The molecule has 1 aliphatic rings. The summed E-state index contributed by atoms with van der Waals surface area (Å²) >= 11 is 0. The van der Waals surface area contributed by atoms with Crippen LogP contribution in [0.3, 0.4) is 0 Å². The Balaban J connectivity index is 2.59. The van der Waals surface area contributed by atoms with Gasteiger partial charge in [0.25, 0.3) is 0 Å². The maximum Gasteiger partial charge on any atom is 0.309 e. The molecule has 0 heterocycles. The smallest absolute Gasteiger partial charge is 0.309 e. The quantitative estimate of drug-likeness (QED) is 0.469. The summed E-state index contributed by atoms with van der Waals surface area (Å²) in [6.45, 7) is 6.40. The monoisotopic (exact) mass is 348 g/mol. The molecule has 0 radical (unpaired) electrons. The van der Waals surface area contributed by atoms with Crippen molar-refractivity contribution in [3.63, 3.8) is 0 Å². The fourth-order valence-corrected chi connectivity index (χ4v) is 3.18. The lowest BCUT2D eigenvalue weighted by atomic mass is 9.78. The van der Waals surface area contributed by atoms with E-state index in [4.69, 9.17) is 9.47 Å². The summed E-state index contributed by atoms with van der Waals surface area (Å²) in [6, 6.07) is 0. The normalized spacial score (nSPS) is 20.5. The molecule has 4 heteroatoms. The maximum absolute atomic E-state index is 12.0. The van der Waals surface area contributed by atoms with Crippen LogP contribution in [0.4, 0.5) is 0 Å². The van der Waals surface area contributed by atoms with Crippen molar-refractivity contribution >= 4 is 11.9 Å². The largest absolute Gasteiger partial charge is 0.469 e. The fourth-order valence-electron chi connectivity index (χ4n) is 3.18. The zero-order chi connectivity index (χ0) is 18.8. The summed E-state index contributed by atoms with van der Waals surface area (Å²) in [5.74, 6) is -1.52. The molecule has 0 saturated carbocycles. The lowest BCUT2D eigenvalue weighted by Gasteiger charge is -2.27. The van der Waals surface area contributed by atoms with E-state index in [1.54, 1.807) is 0 Å². The lowest BCUT2D eigenvalue weighted by Crippen LogP contribution is -2.33. The number of carbonyl (C=O) groups is 2. The average molecular weight is 348 g/mol. The summed E-state index contributed by atoms with van der Waals surface area (Å²) in [4.78, 5) is 23.9. The summed E-state index contributed by atoms with van der Waals surface area (Å²) < 4.78 is 9.70.